The van der Waals surface area contributed by atoms with Gasteiger partial charge in [0.05, 0.1) is 5.69 Å². The van der Waals surface area contributed by atoms with Gasteiger partial charge in [-0.2, -0.15) is 0 Å². The van der Waals surface area contributed by atoms with Crippen molar-refractivity contribution in [2.45, 2.75) is 6.54 Å². The fraction of sp³-hybridized carbons (Fsp3) is 0.227. The Morgan fingerprint density at radius 2 is 1.80 bits per heavy atom. The molecule has 8 heteroatoms. The monoisotopic (exact) mass is 419 g/mol. The molecule has 1 aliphatic rings. The zero-order valence-electron chi connectivity index (χ0n) is 16.3. The third-order valence-electron chi connectivity index (χ3n) is 5.40. The zero-order valence-corrected chi connectivity index (χ0v) is 17.2. The predicted octanol–water partition coefficient (Wildman–Crippen LogP) is 2.50. The fourth-order valence-corrected chi connectivity index (χ4v) is 4.53. The molecule has 30 heavy (non-hydrogen) atoms. The highest BCUT2D eigenvalue weighted by Gasteiger charge is 2.23. The van der Waals surface area contributed by atoms with Crippen LogP contribution in [0.5, 0.6) is 0 Å². The van der Waals surface area contributed by atoms with Crippen LogP contribution in [0.2, 0.25) is 0 Å². The van der Waals surface area contributed by atoms with Crippen molar-refractivity contribution in [3.05, 3.63) is 88.0 Å². The molecule has 0 saturated carbocycles. The Morgan fingerprint density at radius 1 is 1.00 bits per heavy atom. The first kappa shape index (κ1) is 18.8. The topological polar surface area (TPSA) is 62.9 Å². The van der Waals surface area contributed by atoms with E-state index in [0.717, 1.165) is 24.5 Å². The molecule has 5 rings (SSSR count). The summed E-state index contributed by atoms with van der Waals surface area (Å²) >= 11 is 1.46. The minimum atomic E-state index is -0.0485. The highest BCUT2D eigenvalue weighted by Crippen LogP contribution is 2.15. The maximum atomic E-state index is 13.0. The van der Waals surface area contributed by atoms with Crippen LogP contribution in [-0.4, -0.2) is 55.8 Å². The second-order valence-corrected chi connectivity index (χ2v) is 8.22. The average Bonchev–Trinajstić information content (AvgIpc) is 3.46. The summed E-state index contributed by atoms with van der Waals surface area (Å²) in [6, 6.07) is 13.3. The van der Waals surface area contributed by atoms with Gasteiger partial charge in [0.15, 0.2) is 4.96 Å². The van der Waals surface area contributed by atoms with E-state index in [2.05, 4.69) is 9.88 Å². The highest BCUT2D eigenvalue weighted by molar-refractivity contribution is 7.15. The van der Waals surface area contributed by atoms with Gasteiger partial charge in [-0.25, -0.2) is 4.98 Å². The third kappa shape index (κ3) is 3.67. The summed E-state index contributed by atoms with van der Waals surface area (Å²) in [6.07, 6.45) is 5.68. The smallest absolute Gasteiger partial charge is 0.258 e. The zero-order chi connectivity index (χ0) is 20.5. The molecule has 7 nitrogen and oxygen atoms in total. The molecule has 0 aliphatic carbocycles. The summed E-state index contributed by atoms with van der Waals surface area (Å²) in [5, 5.41) is 1.86. The molecular formula is C22H21N5O2S. The Kier molecular flexibility index (Phi) is 4.94. The molecule has 0 radical (unpaired) electrons. The first-order valence-corrected chi connectivity index (χ1v) is 10.8. The number of hydrogen-bond donors (Lipinski definition) is 0. The lowest BCUT2D eigenvalue weighted by molar-refractivity contribution is 0.0627. The first-order chi connectivity index (χ1) is 14.7. The van der Waals surface area contributed by atoms with Crippen LogP contribution in [0.4, 0.5) is 0 Å². The number of fused-ring (bicyclic) bond motifs is 1. The quantitative estimate of drug-likeness (QED) is 0.510. The lowest BCUT2D eigenvalue weighted by atomic mass is 10.1. The molecule has 1 aliphatic heterocycles. The van der Waals surface area contributed by atoms with Gasteiger partial charge < -0.3 is 9.47 Å². The Balaban J connectivity index is 1.24. The molecule has 3 aromatic heterocycles. The van der Waals surface area contributed by atoms with Gasteiger partial charge in [0, 0.05) is 74.0 Å². The standard InChI is InChI=1S/C22H21N5O2S/c28-20-15-18(23-22-27(20)12-13-30-22)16-24-8-10-26(11-9-24)21(29)17-4-3-5-19(14-17)25-6-1-2-7-25/h1-7,12-15H,8-11,16H2. The van der Waals surface area contributed by atoms with Crippen LogP contribution in [0, 0.1) is 0 Å². The summed E-state index contributed by atoms with van der Waals surface area (Å²) < 4.78 is 3.56. The summed E-state index contributed by atoms with van der Waals surface area (Å²) in [5.41, 5.74) is 2.41. The van der Waals surface area contributed by atoms with Gasteiger partial charge in [-0.3, -0.25) is 18.9 Å². The molecule has 4 heterocycles. The SMILES string of the molecule is O=C(c1cccc(-n2cccc2)c1)N1CCN(Cc2cc(=O)n3ccsc3n2)CC1. The van der Waals surface area contributed by atoms with Gasteiger partial charge in [0.2, 0.25) is 0 Å². The number of rotatable bonds is 4. The van der Waals surface area contributed by atoms with Crippen LogP contribution in [-0.2, 0) is 6.54 Å². The maximum Gasteiger partial charge on any atom is 0.258 e. The van der Waals surface area contributed by atoms with E-state index in [1.807, 2.05) is 63.6 Å². The van der Waals surface area contributed by atoms with E-state index in [0.29, 0.717) is 30.2 Å². The lowest BCUT2D eigenvalue weighted by Crippen LogP contribution is -2.48. The van der Waals surface area contributed by atoms with Crippen molar-refractivity contribution in [3.8, 4) is 5.69 Å². The van der Waals surface area contributed by atoms with Gasteiger partial charge >= 0.3 is 0 Å². The number of thiazole rings is 1. The van der Waals surface area contributed by atoms with Crippen LogP contribution in [0.15, 0.2) is 71.2 Å². The average molecular weight is 420 g/mol. The molecule has 1 amide bonds. The largest absolute Gasteiger partial charge is 0.336 e. The van der Waals surface area contributed by atoms with Crippen LogP contribution < -0.4 is 5.56 Å². The van der Waals surface area contributed by atoms with Crippen molar-refractivity contribution in [2.24, 2.45) is 0 Å². The van der Waals surface area contributed by atoms with Gasteiger partial charge in [-0.1, -0.05) is 6.07 Å². The van der Waals surface area contributed by atoms with E-state index in [1.54, 1.807) is 16.7 Å². The Labute approximate surface area is 177 Å². The van der Waals surface area contributed by atoms with Crippen molar-refractivity contribution in [3.63, 3.8) is 0 Å². The number of carbonyl (C=O) groups is 1. The summed E-state index contributed by atoms with van der Waals surface area (Å²) in [4.78, 5) is 34.6. The van der Waals surface area contributed by atoms with Crippen LogP contribution in [0.3, 0.4) is 0 Å². The molecule has 4 aromatic rings. The van der Waals surface area contributed by atoms with E-state index in [4.69, 9.17) is 0 Å². The van der Waals surface area contributed by atoms with E-state index >= 15 is 0 Å². The van der Waals surface area contributed by atoms with Crippen molar-refractivity contribution in [2.75, 3.05) is 26.2 Å². The normalized spacial score (nSPS) is 15.0. The maximum absolute atomic E-state index is 13.0. The molecular weight excluding hydrogens is 398 g/mol. The highest BCUT2D eigenvalue weighted by atomic mass is 32.1. The summed E-state index contributed by atoms with van der Waals surface area (Å²) in [7, 11) is 0. The van der Waals surface area contributed by atoms with Crippen molar-refractivity contribution >= 4 is 22.2 Å². The van der Waals surface area contributed by atoms with Crippen molar-refractivity contribution in [1.82, 2.24) is 23.8 Å². The molecule has 1 fully saturated rings. The van der Waals surface area contributed by atoms with E-state index in [9.17, 15) is 9.59 Å². The Morgan fingerprint density at radius 3 is 2.60 bits per heavy atom. The molecule has 152 valence electrons. The van der Waals surface area contributed by atoms with E-state index < -0.39 is 0 Å². The Bertz CT molecular complexity index is 1240. The fourth-order valence-electron chi connectivity index (χ4n) is 3.80. The van der Waals surface area contributed by atoms with Gasteiger partial charge in [0.25, 0.3) is 11.5 Å². The molecule has 1 aromatic carbocycles. The molecule has 0 atom stereocenters. The molecule has 1 saturated heterocycles. The summed E-state index contributed by atoms with van der Waals surface area (Å²) in [5.74, 6) is 0.0556. The van der Waals surface area contributed by atoms with Gasteiger partial charge in [-0.15, -0.1) is 11.3 Å². The second-order valence-electron chi connectivity index (χ2n) is 7.35. The second kappa shape index (κ2) is 7.89. The molecule has 0 spiro atoms. The number of nitrogens with zero attached hydrogens (tertiary/aromatic N) is 5. The van der Waals surface area contributed by atoms with Gasteiger partial charge in [-0.05, 0) is 30.3 Å². The number of amides is 1. The minimum absolute atomic E-state index is 0.0485. The number of benzene rings is 1. The molecule has 0 bridgehead atoms. The predicted molar refractivity (Wildman–Crippen MR) is 116 cm³/mol. The van der Waals surface area contributed by atoms with Gasteiger partial charge in [0.1, 0.15) is 0 Å². The molecule has 0 unspecified atom stereocenters. The van der Waals surface area contributed by atoms with Crippen LogP contribution in [0.1, 0.15) is 16.1 Å². The van der Waals surface area contributed by atoms with Crippen molar-refractivity contribution in [1.29, 1.82) is 0 Å². The third-order valence-corrected chi connectivity index (χ3v) is 6.15. The number of aromatic nitrogens is 3. The Hall–Kier alpha value is -3.23. The van der Waals surface area contributed by atoms with E-state index in [1.165, 1.54) is 11.3 Å². The first-order valence-electron chi connectivity index (χ1n) is 9.88. The van der Waals surface area contributed by atoms with Crippen LogP contribution in [0.25, 0.3) is 10.6 Å². The van der Waals surface area contributed by atoms with Crippen molar-refractivity contribution < 1.29 is 4.79 Å². The molecule has 0 N–H and O–H groups in total. The number of carbonyl (C=O) groups excluding carboxylic acids is 1. The number of piperazine rings is 1. The van der Waals surface area contributed by atoms with Crippen LogP contribution >= 0.6 is 11.3 Å². The lowest BCUT2D eigenvalue weighted by Gasteiger charge is -2.34. The number of hydrogen-bond acceptors (Lipinski definition) is 5. The van der Waals surface area contributed by atoms with E-state index in [-0.39, 0.29) is 11.5 Å². The summed E-state index contributed by atoms with van der Waals surface area (Å²) in [6.45, 7) is 3.46. The minimum Gasteiger partial charge on any atom is -0.336 e.